The summed E-state index contributed by atoms with van der Waals surface area (Å²) in [4.78, 5) is 4.22. The van der Waals surface area contributed by atoms with Gasteiger partial charge in [-0.2, -0.15) is 5.10 Å². The third kappa shape index (κ3) is 1.62. The van der Waals surface area contributed by atoms with Crippen molar-refractivity contribution in [2.24, 2.45) is 0 Å². The first kappa shape index (κ1) is 10.8. The fraction of sp³-hybridized carbons (Fsp3) is 0.143. The van der Waals surface area contributed by atoms with E-state index < -0.39 is 0 Å². The molecule has 4 heteroatoms. The van der Waals surface area contributed by atoms with Crippen LogP contribution in [0.3, 0.4) is 0 Å². The highest BCUT2D eigenvalue weighted by atomic mass is 15.1. The van der Waals surface area contributed by atoms with E-state index in [1.807, 2.05) is 19.3 Å². The first-order valence-corrected chi connectivity index (χ1v) is 5.81. The number of rotatable bonds is 1. The summed E-state index contributed by atoms with van der Waals surface area (Å²) in [6.07, 6.45) is 3.65. The van der Waals surface area contributed by atoms with E-state index in [1.165, 1.54) is 11.1 Å². The fourth-order valence-corrected chi connectivity index (χ4v) is 2.14. The number of nitrogens with one attached hydrogen (secondary N) is 1. The van der Waals surface area contributed by atoms with Gasteiger partial charge in [-0.05, 0) is 48.7 Å². The Hall–Kier alpha value is -2.36. The average Bonchev–Trinajstić information content (AvgIpc) is 2.79. The molecule has 3 rings (SSSR count). The van der Waals surface area contributed by atoms with Crippen LogP contribution in [-0.4, -0.2) is 15.2 Å². The van der Waals surface area contributed by atoms with Crippen molar-refractivity contribution in [1.29, 1.82) is 0 Å². The number of fused-ring (bicyclic) bond motifs is 1. The van der Waals surface area contributed by atoms with Crippen LogP contribution in [0.4, 0.5) is 5.82 Å². The Morgan fingerprint density at radius 3 is 2.67 bits per heavy atom. The standard InChI is InChI=1S/C14H14N4/c1-8-4-13-11(7-17-18-13)5-12(8)10-3-9(2)14(15)16-6-10/h3-7H,1-2H3,(H2,15,16)(H,17,18). The van der Waals surface area contributed by atoms with Crippen LogP contribution in [0.5, 0.6) is 0 Å². The number of aryl methyl sites for hydroxylation is 2. The maximum atomic E-state index is 5.75. The van der Waals surface area contributed by atoms with Crippen LogP contribution in [-0.2, 0) is 0 Å². The van der Waals surface area contributed by atoms with Crippen LogP contribution in [0, 0.1) is 13.8 Å². The quantitative estimate of drug-likeness (QED) is 0.685. The van der Waals surface area contributed by atoms with Gasteiger partial charge in [-0.15, -0.1) is 0 Å². The van der Waals surface area contributed by atoms with Gasteiger partial charge in [0.1, 0.15) is 5.82 Å². The first-order chi connectivity index (χ1) is 8.65. The fourth-order valence-electron chi connectivity index (χ4n) is 2.14. The molecule has 0 saturated heterocycles. The highest BCUT2D eigenvalue weighted by Gasteiger charge is 2.07. The lowest BCUT2D eigenvalue weighted by molar-refractivity contribution is 1.12. The molecule has 2 aromatic heterocycles. The summed E-state index contributed by atoms with van der Waals surface area (Å²) in [6, 6.07) is 6.29. The number of nitrogen functional groups attached to an aromatic ring is 1. The molecule has 0 atom stereocenters. The highest BCUT2D eigenvalue weighted by molar-refractivity contribution is 5.86. The van der Waals surface area contributed by atoms with Crippen LogP contribution in [0.2, 0.25) is 0 Å². The number of hydrogen-bond donors (Lipinski definition) is 2. The van der Waals surface area contributed by atoms with Gasteiger partial charge in [0.25, 0.3) is 0 Å². The van der Waals surface area contributed by atoms with E-state index >= 15 is 0 Å². The zero-order chi connectivity index (χ0) is 12.7. The molecular weight excluding hydrogens is 224 g/mol. The molecule has 0 amide bonds. The Morgan fingerprint density at radius 1 is 1.06 bits per heavy atom. The molecule has 0 fully saturated rings. The van der Waals surface area contributed by atoms with E-state index in [-0.39, 0.29) is 0 Å². The van der Waals surface area contributed by atoms with Gasteiger partial charge in [0, 0.05) is 17.1 Å². The highest BCUT2D eigenvalue weighted by Crippen LogP contribution is 2.28. The van der Waals surface area contributed by atoms with Crippen molar-refractivity contribution in [2.75, 3.05) is 5.73 Å². The van der Waals surface area contributed by atoms with Crippen molar-refractivity contribution >= 4 is 16.7 Å². The Bertz CT molecular complexity index is 728. The van der Waals surface area contributed by atoms with Crippen molar-refractivity contribution in [3.63, 3.8) is 0 Å². The second-order valence-corrected chi connectivity index (χ2v) is 4.55. The summed E-state index contributed by atoms with van der Waals surface area (Å²) in [5.41, 5.74) is 11.2. The van der Waals surface area contributed by atoms with Crippen LogP contribution < -0.4 is 5.73 Å². The van der Waals surface area contributed by atoms with E-state index in [1.54, 1.807) is 0 Å². The van der Waals surface area contributed by atoms with Crippen LogP contribution in [0.25, 0.3) is 22.0 Å². The number of H-pyrrole nitrogens is 1. The Kier molecular flexibility index (Phi) is 2.30. The van der Waals surface area contributed by atoms with Crippen LogP contribution in [0.15, 0.2) is 30.6 Å². The van der Waals surface area contributed by atoms with Crippen molar-refractivity contribution < 1.29 is 0 Å². The molecule has 4 nitrogen and oxygen atoms in total. The average molecular weight is 238 g/mol. The Labute approximate surface area is 105 Å². The molecule has 0 unspecified atom stereocenters. The lowest BCUT2D eigenvalue weighted by Gasteiger charge is -2.08. The van der Waals surface area contributed by atoms with Gasteiger partial charge in [0.05, 0.1) is 11.7 Å². The molecule has 2 heterocycles. The summed E-state index contributed by atoms with van der Waals surface area (Å²) in [5, 5.41) is 8.12. The minimum Gasteiger partial charge on any atom is -0.383 e. The molecule has 0 aliphatic heterocycles. The summed E-state index contributed by atoms with van der Waals surface area (Å²) in [7, 11) is 0. The van der Waals surface area contributed by atoms with E-state index in [0.717, 1.165) is 22.0 Å². The molecule has 18 heavy (non-hydrogen) atoms. The molecule has 3 aromatic rings. The summed E-state index contributed by atoms with van der Waals surface area (Å²) in [6.45, 7) is 4.05. The van der Waals surface area contributed by atoms with Gasteiger partial charge in [0.15, 0.2) is 0 Å². The van der Waals surface area contributed by atoms with Gasteiger partial charge in [-0.1, -0.05) is 0 Å². The number of benzene rings is 1. The Morgan fingerprint density at radius 2 is 1.89 bits per heavy atom. The smallest absolute Gasteiger partial charge is 0.126 e. The number of aromatic nitrogens is 3. The van der Waals surface area contributed by atoms with Crippen molar-refractivity contribution in [3.8, 4) is 11.1 Å². The summed E-state index contributed by atoms with van der Waals surface area (Å²) >= 11 is 0. The number of aromatic amines is 1. The van der Waals surface area contributed by atoms with Crippen LogP contribution >= 0.6 is 0 Å². The van der Waals surface area contributed by atoms with E-state index in [2.05, 4.69) is 40.3 Å². The molecule has 1 aromatic carbocycles. The summed E-state index contributed by atoms with van der Waals surface area (Å²) in [5.74, 6) is 0.584. The second kappa shape index (κ2) is 3.84. The van der Waals surface area contributed by atoms with E-state index in [0.29, 0.717) is 5.82 Å². The molecule has 0 spiro atoms. The van der Waals surface area contributed by atoms with Crippen LogP contribution in [0.1, 0.15) is 11.1 Å². The zero-order valence-electron chi connectivity index (χ0n) is 10.4. The van der Waals surface area contributed by atoms with E-state index in [4.69, 9.17) is 5.73 Å². The van der Waals surface area contributed by atoms with Gasteiger partial charge in [-0.3, -0.25) is 5.10 Å². The predicted molar refractivity (Wildman–Crippen MR) is 73.2 cm³/mol. The number of nitrogens with two attached hydrogens (primary N) is 1. The topological polar surface area (TPSA) is 67.6 Å². The van der Waals surface area contributed by atoms with Gasteiger partial charge >= 0.3 is 0 Å². The van der Waals surface area contributed by atoms with Gasteiger partial charge < -0.3 is 5.73 Å². The number of hydrogen-bond acceptors (Lipinski definition) is 3. The Balaban J connectivity index is 2.23. The largest absolute Gasteiger partial charge is 0.383 e. The number of pyridine rings is 1. The number of nitrogens with zero attached hydrogens (tertiary/aromatic N) is 2. The molecule has 3 N–H and O–H groups in total. The number of anilines is 1. The van der Waals surface area contributed by atoms with Crippen molar-refractivity contribution in [1.82, 2.24) is 15.2 Å². The predicted octanol–water partition coefficient (Wildman–Crippen LogP) is 2.82. The zero-order valence-corrected chi connectivity index (χ0v) is 10.4. The molecule has 0 aliphatic carbocycles. The maximum Gasteiger partial charge on any atom is 0.126 e. The molecule has 0 radical (unpaired) electrons. The maximum absolute atomic E-state index is 5.75. The molecule has 0 aliphatic rings. The SMILES string of the molecule is Cc1cc2[nH]ncc2cc1-c1cnc(N)c(C)c1. The van der Waals surface area contributed by atoms with E-state index in [9.17, 15) is 0 Å². The van der Waals surface area contributed by atoms with Crippen molar-refractivity contribution in [3.05, 3.63) is 41.7 Å². The lowest BCUT2D eigenvalue weighted by Crippen LogP contribution is -1.94. The third-order valence-corrected chi connectivity index (χ3v) is 3.21. The molecule has 90 valence electrons. The lowest BCUT2D eigenvalue weighted by atomic mass is 9.99. The minimum absolute atomic E-state index is 0.584. The second-order valence-electron chi connectivity index (χ2n) is 4.55. The monoisotopic (exact) mass is 238 g/mol. The third-order valence-electron chi connectivity index (χ3n) is 3.21. The van der Waals surface area contributed by atoms with Crippen molar-refractivity contribution in [2.45, 2.75) is 13.8 Å². The normalized spacial score (nSPS) is 11.0. The molecular formula is C14H14N4. The van der Waals surface area contributed by atoms with Gasteiger partial charge in [0.2, 0.25) is 0 Å². The molecule has 0 bridgehead atoms. The summed E-state index contributed by atoms with van der Waals surface area (Å²) < 4.78 is 0. The van der Waals surface area contributed by atoms with Gasteiger partial charge in [-0.25, -0.2) is 4.98 Å². The minimum atomic E-state index is 0.584. The first-order valence-electron chi connectivity index (χ1n) is 5.81. The molecule has 0 saturated carbocycles.